The molecule has 3 fully saturated rings. The molecule has 0 N–H and O–H groups in total. The minimum Gasteiger partial charge on any atom is -0.465 e. The fraction of sp³-hybridized carbons (Fsp3) is 0.900. The molecule has 0 aromatic heterocycles. The van der Waals surface area contributed by atoms with Crippen LogP contribution in [0.5, 0.6) is 0 Å². The maximum atomic E-state index is 12.5. The lowest BCUT2D eigenvalue weighted by Gasteiger charge is -2.48. The molecule has 0 spiro atoms. The molecule has 2 bridgehead atoms. The van der Waals surface area contributed by atoms with E-state index in [0.29, 0.717) is 19.6 Å². The van der Waals surface area contributed by atoms with Gasteiger partial charge < -0.3 is 14.2 Å². The maximum Gasteiger partial charge on any atom is 0.312 e. The van der Waals surface area contributed by atoms with Gasteiger partial charge in [-0.3, -0.25) is 9.59 Å². The smallest absolute Gasteiger partial charge is 0.312 e. The van der Waals surface area contributed by atoms with Crippen molar-refractivity contribution < 1.29 is 23.8 Å². The van der Waals surface area contributed by atoms with Gasteiger partial charge in [-0.1, -0.05) is 52.4 Å². The lowest BCUT2D eigenvalue weighted by Crippen LogP contribution is -2.57. The van der Waals surface area contributed by atoms with Gasteiger partial charge in [-0.2, -0.15) is 0 Å². The number of ether oxygens (including phenoxy) is 3. The van der Waals surface area contributed by atoms with Crippen molar-refractivity contribution in [3.05, 3.63) is 0 Å². The Morgan fingerprint density at radius 3 is 1.96 bits per heavy atom. The molecule has 5 nitrogen and oxygen atoms in total. The summed E-state index contributed by atoms with van der Waals surface area (Å²) in [6.07, 6.45) is 9.92. The number of carbonyl (C=O) groups excluding carboxylic acids is 2. The Labute approximate surface area is 151 Å². The molecule has 1 saturated carbocycles. The fourth-order valence-electron chi connectivity index (χ4n) is 3.73. The lowest BCUT2D eigenvalue weighted by atomic mass is 9.72. The molecule has 5 heteroatoms. The molecule has 0 aromatic carbocycles. The number of hydrogen-bond donors (Lipinski definition) is 0. The topological polar surface area (TPSA) is 61.8 Å². The summed E-state index contributed by atoms with van der Waals surface area (Å²) in [6.45, 7) is 5.18. The predicted molar refractivity (Wildman–Crippen MR) is 95.1 cm³/mol. The van der Waals surface area contributed by atoms with Crippen LogP contribution < -0.4 is 0 Å². The summed E-state index contributed by atoms with van der Waals surface area (Å²) < 4.78 is 16.6. The first-order valence-electron chi connectivity index (χ1n) is 10.2. The zero-order valence-corrected chi connectivity index (χ0v) is 15.8. The van der Waals surface area contributed by atoms with E-state index in [4.69, 9.17) is 14.2 Å². The van der Waals surface area contributed by atoms with Gasteiger partial charge in [0.15, 0.2) is 0 Å². The van der Waals surface area contributed by atoms with Crippen molar-refractivity contribution in [3.8, 4) is 0 Å². The number of esters is 2. The largest absolute Gasteiger partial charge is 0.465 e. The van der Waals surface area contributed by atoms with Crippen molar-refractivity contribution in [2.24, 2.45) is 11.8 Å². The molecular formula is C20H34O5. The van der Waals surface area contributed by atoms with Crippen LogP contribution in [0.3, 0.4) is 0 Å². The summed E-state index contributed by atoms with van der Waals surface area (Å²) in [5, 5.41) is 0. The third-order valence-electron chi connectivity index (χ3n) is 5.27. The van der Waals surface area contributed by atoms with Crippen molar-refractivity contribution in [2.45, 2.75) is 90.3 Å². The maximum absolute atomic E-state index is 12.5. The second kappa shape index (κ2) is 10.8. The highest BCUT2D eigenvalue weighted by Crippen LogP contribution is 2.43. The van der Waals surface area contributed by atoms with Crippen LogP contribution in [0.4, 0.5) is 0 Å². The highest BCUT2D eigenvalue weighted by molar-refractivity contribution is 5.83. The number of unbranched alkanes of at least 4 members (excludes halogenated alkanes) is 6. The van der Waals surface area contributed by atoms with Gasteiger partial charge in [-0.05, 0) is 19.3 Å². The van der Waals surface area contributed by atoms with E-state index in [1.165, 1.54) is 0 Å². The average molecular weight is 354 g/mol. The van der Waals surface area contributed by atoms with Crippen molar-refractivity contribution in [1.29, 1.82) is 0 Å². The third-order valence-corrected chi connectivity index (χ3v) is 5.27. The van der Waals surface area contributed by atoms with E-state index in [9.17, 15) is 9.59 Å². The molecule has 0 aromatic rings. The fourth-order valence-corrected chi connectivity index (χ4v) is 3.73. The van der Waals surface area contributed by atoms with E-state index in [1.54, 1.807) is 0 Å². The number of carbonyl (C=O) groups is 2. The summed E-state index contributed by atoms with van der Waals surface area (Å²) in [5.74, 6) is -1.42. The van der Waals surface area contributed by atoms with Crippen LogP contribution in [0.2, 0.25) is 0 Å². The quantitative estimate of drug-likeness (QED) is 0.391. The van der Waals surface area contributed by atoms with Crippen LogP contribution in [-0.4, -0.2) is 37.4 Å². The Bertz CT molecular complexity index is 416. The van der Waals surface area contributed by atoms with Crippen LogP contribution in [0.25, 0.3) is 0 Å². The van der Waals surface area contributed by atoms with Gasteiger partial charge in [-0.15, -0.1) is 0 Å². The number of hydrogen-bond acceptors (Lipinski definition) is 5. The second-order valence-electron chi connectivity index (χ2n) is 7.36. The Morgan fingerprint density at radius 1 is 0.840 bits per heavy atom. The van der Waals surface area contributed by atoms with Crippen LogP contribution in [-0.2, 0) is 23.8 Å². The SMILES string of the molecule is CCCCCCOC(=O)C1CC2CC(O2)C1C(=O)OCCCCCC. The molecule has 25 heavy (non-hydrogen) atoms. The first-order valence-corrected chi connectivity index (χ1v) is 10.2. The van der Waals surface area contributed by atoms with Crippen LogP contribution in [0.1, 0.15) is 78.1 Å². The molecule has 0 radical (unpaired) electrons. The van der Waals surface area contributed by atoms with Crippen LogP contribution in [0.15, 0.2) is 0 Å². The first kappa shape index (κ1) is 20.2. The monoisotopic (exact) mass is 354 g/mol. The van der Waals surface area contributed by atoms with Crippen molar-refractivity contribution in [1.82, 2.24) is 0 Å². The minimum atomic E-state index is -0.487. The molecule has 0 amide bonds. The zero-order chi connectivity index (χ0) is 18.1. The molecule has 2 heterocycles. The Balaban J connectivity index is 1.77. The molecule has 1 aliphatic carbocycles. The van der Waals surface area contributed by atoms with E-state index >= 15 is 0 Å². The molecular weight excluding hydrogens is 320 g/mol. The molecule has 144 valence electrons. The van der Waals surface area contributed by atoms with Gasteiger partial charge in [0.25, 0.3) is 0 Å². The summed E-state index contributed by atoms with van der Waals surface area (Å²) in [4.78, 5) is 24.9. The van der Waals surface area contributed by atoms with E-state index < -0.39 is 11.8 Å². The zero-order valence-electron chi connectivity index (χ0n) is 15.8. The number of fused-ring (bicyclic) bond motifs is 2. The Kier molecular flexibility index (Phi) is 8.73. The second-order valence-corrected chi connectivity index (χ2v) is 7.36. The van der Waals surface area contributed by atoms with Crippen molar-refractivity contribution >= 4 is 11.9 Å². The van der Waals surface area contributed by atoms with Gasteiger partial charge in [-0.25, -0.2) is 0 Å². The van der Waals surface area contributed by atoms with Gasteiger partial charge in [0.1, 0.15) is 0 Å². The van der Waals surface area contributed by atoms with Gasteiger partial charge in [0, 0.05) is 6.42 Å². The van der Waals surface area contributed by atoms with Gasteiger partial charge in [0.05, 0.1) is 37.3 Å². The Hall–Kier alpha value is -1.10. The molecule has 2 aliphatic heterocycles. The molecule has 4 unspecified atom stereocenters. The van der Waals surface area contributed by atoms with E-state index in [1.807, 2.05) is 0 Å². The highest BCUT2D eigenvalue weighted by Gasteiger charge is 2.54. The molecule has 3 rings (SSSR count). The third kappa shape index (κ3) is 5.98. The molecule has 2 saturated heterocycles. The summed E-state index contributed by atoms with van der Waals surface area (Å²) in [5.41, 5.74) is 0. The van der Waals surface area contributed by atoms with Crippen molar-refractivity contribution in [3.63, 3.8) is 0 Å². The number of rotatable bonds is 12. The first-order chi connectivity index (χ1) is 12.2. The van der Waals surface area contributed by atoms with Gasteiger partial charge in [0.2, 0.25) is 0 Å². The summed E-state index contributed by atoms with van der Waals surface area (Å²) in [6, 6.07) is 0. The van der Waals surface area contributed by atoms with Gasteiger partial charge >= 0.3 is 11.9 Å². The summed E-state index contributed by atoms with van der Waals surface area (Å²) >= 11 is 0. The lowest BCUT2D eigenvalue weighted by molar-refractivity contribution is -0.222. The Morgan fingerprint density at radius 2 is 1.40 bits per heavy atom. The minimum absolute atomic E-state index is 0.108. The normalized spacial score (nSPS) is 27.4. The average Bonchev–Trinajstić information content (AvgIpc) is 2.59. The van der Waals surface area contributed by atoms with Crippen LogP contribution >= 0.6 is 0 Å². The molecule has 3 aliphatic rings. The van der Waals surface area contributed by atoms with E-state index in [2.05, 4.69) is 13.8 Å². The molecule has 4 atom stereocenters. The standard InChI is InChI=1S/C20H34O5/c1-3-5-7-9-11-23-19(21)16-13-15-14-17(25-15)18(16)20(22)24-12-10-8-6-4-2/h15-18H,3-14H2,1-2H3. The summed E-state index contributed by atoms with van der Waals surface area (Å²) in [7, 11) is 0. The van der Waals surface area contributed by atoms with E-state index in [-0.39, 0.29) is 24.1 Å². The predicted octanol–water partition coefficient (Wildman–Crippen LogP) is 4.03. The highest BCUT2D eigenvalue weighted by atomic mass is 16.6. The van der Waals surface area contributed by atoms with E-state index in [0.717, 1.165) is 57.8 Å². The van der Waals surface area contributed by atoms with Crippen LogP contribution in [0, 0.1) is 11.8 Å². The van der Waals surface area contributed by atoms with Crippen molar-refractivity contribution in [2.75, 3.05) is 13.2 Å².